The first-order chi connectivity index (χ1) is 12.2. The Balaban J connectivity index is 0.000000185. The SMILES string of the molecule is C=C(C)C(=O)OC12CC3CC(CC(O)(C3)C1)C2.C=Cc1ccc(O)cc1. The van der Waals surface area contributed by atoms with Gasteiger partial charge >= 0.3 is 5.97 Å². The average Bonchev–Trinajstić information content (AvgIpc) is 2.53. The molecule has 4 heteroatoms. The highest BCUT2D eigenvalue weighted by molar-refractivity contribution is 5.87. The number of ether oxygens (including phenoxy) is 1. The number of rotatable bonds is 3. The van der Waals surface area contributed by atoms with E-state index in [9.17, 15) is 9.90 Å². The van der Waals surface area contributed by atoms with E-state index in [0.717, 1.165) is 31.2 Å². The van der Waals surface area contributed by atoms with E-state index in [4.69, 9.17) is 9.84 Å². The molecule has 0 spiro atoms. The lowest BCUT2D eigenvalue weighted by atomic mass is 9.52. The Bertz CT molecular complexity index is 689. The van der Waals surface area contributed by atoms with E-state index in [-0.39, 0.29) is 5.97 Å². The van der Waals surface area contributed by atoms with Crippen LogP contribution in [0.15, 0.2) is 43.0 Å². The second-order valence-corrected chi connectivity index (χ2v) is 8.33. The Morgan fingerprint density at radius 1 is 1.19 bits per heavy atom. The third-order valence-corrected chi connectivity index (χ3v) is 5.76. The predicted octanol–water partition coefficient (Wildman–Crippen LogP) is 4.22. The Hall–Kier alpha value is -2.07. The molecule has 2 N–H and O–H groups in total. The first kappa shape index (κ1) is 18.7. The van der Waals surface area contributed by atoms with Gasteiger partial charge in [-0.3, -0.25) is 0 Å². The van der Waals surface area contributed by atoms with Gasteiger partial charge in [-0.15, -0.1) is 0 Å². The zero-order valence-corrected chi connectivity index (χ0v) is 15.4. The van der Waals surface area contributed by atoms with Crippen molar-refractivity contribution in [3.63, 3.8) is 0 Å². The zero-order chi connectivity index (χ0) is 18.9. The lowest BCUT2D eigenvalue weighted by molar-refractivity contribution is -0.217. The van der Waals surface area contributed by atoms with Gasteiger partial charge < -0.3 is 14.9 Å². The molecule has 4 bridgehead atoms. The van der Waals surface area contributed by atoms with E-state index in [2.05, 4.69) is 13.2 Å². The maximum Gasteiger partial charge on any atom is 0.333 e. The van der Waals surface area contributed by atoms with E-state index in [1.165, 1.54) is 6.42 Å². The Kier molecular flexibility index (Phi) is 4.98. The smallest absolute Gasteiger partial charge is 0.333 e. The predicted molar refractivity (Wildman–Crippen MR) is 101 cm³/mol. The number of phenols is 1. The molecule has 26 heavy (non-hydrogen) atoms. The molecular formula is C22H28O4. The van der Waals surface area contributed by atoms with Gasteiger partial charge in [0.05, 0.1) is 5.60 Å². The van der Waals surface area contributed by atoms with Crippen LogP contribution < -0.4 is 0 Å². The quantitative estimate of drug-likeness (QED) is 0.628. The van der Waals surface area contributed by atoms with Crippen molar-refractivity contribution in [1.29, 1.82) is 0 Å². The first-order valence-corrected chi connectivity index (χ1v) is 9.25. The molecule has 2 atom stereocenters. The van der Waals surface area contributed by atoms with Gasteiger partial charge in [-0.2, -0.15) is 0 Å². The minimum Gasteiger partial charge on any atom is -0.508 e. The second kappa shape index (κ2) is 6.92. The summed E-state index contributed by atoms with van der Waals surface area (Å²) in [6, 6.07) is 6.89. The number of carbonyl (C=O) groups excluding carboxylic acids is 1. The van der Waals surface area contributed by atoms with E-state index in [1.807, 2.05) is 12.1 Å². The molecule has 1 aromatic carbocycles. The lowest BCUT2D eigenvalue weighted by Gasteiger charge is -2.59. The summed E-state index contributed by atoms with van der Waals surface area (Å²) < 4.78 is 5.68. The van der Waals surface area contributed by atoms with Crippen LogP contribution in [0.3, 0.4) is 0 Å². The molecule has 2 unspecified atom stereocenters. The van der Waals surface area contributed by atoms with Crippen molar-refractivity contribution < 1.29 is 19.7 Å². The normalized spacial score (nSPS) is 33.8. The topological polar surface area (TPSA) is 66.8 Å². The van der Waals surface area contributed by atoms with Crippen LogP contribution in [0.1, 0.15) is 51.0 Å². The van der Waals surface area contributed by atoms with Gasteiger partial charge in [-0.25, -0.2) is 4.79 Å². The minimum absolute atomic E-state index is 0.292. The van der Waals surface area contributed by atoms with Gasteiger partial charge in [0.1, 0.15) is 11.4 Å². The monoisotopic (exact) mass is 356 g/mol. The standard InChI is InChI=1S/C14H20O3.C8H8O/c1-9(2)12(15)17-14-6-10-3-11(7-14)5-13(16,4-10)8-14;1-2-7-3-5-8(9)6-4-7/h10-11,16H,1,3-8H2,2H3;2-6,9H,1H2. The molecule has 4 aliphatic rings. The van der Waals surface area contributed by atoms with Crippen molar-refractivity contribution in [2.24, 2.45) is 11.8 Å². The largest absolute Gasteiger partial charge is 0.508 e. The van der Waals surface area contributed by atoms with Crippen LogP contribution in [0, 0.1) is 11.8 Å². The second-order valence-electron chi connectivity index (χ2n) is 8.33. The van der Waals surface area contributed by atoms with Crippen molar-refractivity contribution in [3.05, 3.63) is 48.6 Å². The van der Waals surface area contributed by atoms with Crippen LogP contribution in [0.2, 0.25) is 0 Å². The van der Waals surface area contributed by atoms with Gasteiger partial charge in [0.15, 0.2) is 0 Å². The molecule has 0 aliphatic heterocycles. The minimum atomic E-state index is -0.570. The summed E-state index contributed by atoms with van der Waals surface area (Å²) in [7, 11) is 0. The fourth-order valence-corrected chi connectivity index (χ4v) is 5.14. The highest BCUT2D eigenvalue weighted by Gasteiger charge is 2.59. The third-order valence-electron chi connectivity index (χ3n) is 5.76. The number of phenolic OH excluding ortho intramolecular Hbond substituents is 1. The van der Waals surface area contributed by atoms with Gasteiger partial charge in [-0.1, -0.05) is 31.4 Å². The van der Waals surface area contributed by atoms with Crippen LogP contribution in [-0.2, 0) is 9.53 Å². The van der Waals surface area contributed by atoms with Crippen molar-refractivity contribution in [3.8, 4) is 5.75 Å². The van der Waals surface area contributed by atoms with Gasteiger partial charge in [0, 0.05) is 12.0 Å². The fraction of sp³-hybridized carbons (Fsp3) is 0.500. The average molecular weight is 356 g/mol. The molecule has 4 aliphatic carbocycles. The van der Waals surface area contributed by atoms with Crippen molar-refractivity contribution in [1.82, 2.24) is 0 Å². The molecule has 0 radical (unpaired) electrons. The summed E-state index contributed by atoms with van der Waals surface area (Å²) in [6.45, 7) is 8.89. The summed E-state index contributed by atoms with van der Waals surface area (Å²) in [4.78, 5) is 11.7. The maximum atomic E-state index is 11.7. The number of hydrogen-bond acceptors (Lipinski definition) is 4. The Labute approximate surface area is 155 Å². The maximum absolute atomic E-state index is 11.7. The van der Waals surface area contributed by atoms with Crippen LogP contribution in [0.5, 0.6) is 5.75 Å². The molecule has 4 saturated carbocycles. The van der Waals surface area contributed by atoms with Crippen LogP contribution in [0.25, 0.3) is 6.08 Å². The number of carbonyl (C=O) groups is 1. The molecular weight excluding hydrogens is 328 g/mol. The van der Waals surface area contributed by atoms with Gasteiger partial charge in [0.25, 0.3) is 0 Å². The zero-order valence-electron chi connectivity index (χ0n) is 15.4. The van der Waals surface area contributed by atoms with Gasteiger partial charge in [0.2, 0.25) is 0 Å². The fourth-order valence-electron chi connectivity index (χ4n) is 5.14. The summed E-state index contributed by atoms with van der Waals surface area (Å²) in [6.07, 6.45) is 7.24. The number of aliphatic hydroxyl groups is 1. The lowest BCUT2D eigenvalue weighted by Crippen LogP contribution is -2.60. The van der Waals surface area contributed by atoms with Crippen molar-refractivity contribution in [2.45, 2.75) is 56.7 Å². The third kappa shape index (κ3) is 4.01. The van der Waals surface area contributed by atoms with E-state index in [0.29, 0.717) is 29.6 Å². The number of benzene rings is 1. The van der Waals surface area contributed by atoms with Crippen molar-refractivity contribution >= 4 is 12.0 Å². The number of esters is 1. The molecule has 4 fully saturated rings. The highest BCUT2D eigenvalue weighted by Crippen LogP contribution is 2.58. The number of aromatic hydroxyl groups is 1. The van der Waals surface area contributed by atoms with E-state index >= 15 is 0 Å². The van der Waals surface area contributed by atoms with E-state index in [1.54, 1.807) is 25.1 Å². The summed E-state index contributed by atoms with van der Waals surface area (Å²) in [5, 5.41) is 19.3. The van der Waals surface area contributed by atoms with Gasteiger partial charge in [-0.05, 0) is 68.6 Å². The van der Waals surface area contributed by atoms with Crippen LogP contribution in [-0.4, -0.2) is 27.4 Å². The molecule has 0 saturated heterocycles. The van der Waals surface area contributed by atoms with Crippen LogP contribution >= 0.6 is 0 Å². The molecule has 1 aromatic rings. The summed E-state index contributed by atoms with van der Waals surface area (Å²) in [5.74, 6) is 1.08. The summed E-state index contributed by atoms with van der Waals surface area (Å²) in [5.41, 5.74) is 0.509. The van der Waals surface area contributed by atoms with Crippen molar-refractivity contribution in [2.75, 3.05) is 0 Å². The molecule has 4 nitrogen and oxygen atoms in total. The Morgan fingerprint density at radius 2 is 1.77 bits per heavy atom. The Morgan fingerprint density at radius 3 is 2.23 bits per heavy atom. The van der Waals surface area contributed by atoms with Crippen LogP contribution in [0.4, 0.5) is 0 Å². The first-order valence-electron chi connectivity index (χ1n) is 9.25. The highest BCUT2D eigenvalue weighted by atomic mass is 16.6. The molecule has 0 heterocycles. The molecule has 0 aromatic heterocycles. The molecule has 5 rings (SSSR count). The van der Waals surface area contributed by atoms with E-state index < -0.39 is 11.2 Å². The molecule has 0 amide bonds. The summed E-state index contributed by atoms with van der Waals surface area (Å²) >= 11 is 0. The number of hydrogen-bond donors (Lipinski definition) is 2. The molecule has 140 valence electrons.